The highest BCUT2D eigenvalue weighted by Crippen LogP contribution is 2.30. The molecule has 128 valence electrons. The van der Waals surface area contributed by atoms with Gasteiger partial charge in [0.15, 0.2) is 0 Å². The predicted molar refractivity (Wildman–Crippen MR) is 99.7 cm³/mol. The highest BCUT2D eigenvalue weighted by molar-refractivity contribution is 6.36. The minimum Gasteiger partial charge on any atom is -0.495 e. The number of anilines is 1. The van der Waals surface area contributed by atoms with Crippen molar-refractivity contribution in [1.29, 1.82) is 0 Å². The van der Waals surface area contributed by atoms with Crippen molar-refractivity contribution in [3.8, 4) is 17.0 Å². The van der Waals surface area contributed by atoms with Crippen molar-refractivity contribution in [1.82, 2.24) is 10.2 Å². The van der Waals surface area contributed by atoms with E-state index in [-0.39, 0.29) is 5.91 Å². The SMILES string of the molecule is COc1ccc(C)cc1NC(=O)c1cc(-c2ccc(Cl)cc2Cl)n[nH]1. The fraction of sp³-hybridized carbons (Fsp3) is 0.111. The summed E-state index contributed by atoms with van der Waals surface area (Å²) in [6.45, 7) is 1.94. The van der Waals surface area contributed by atoms with Gasteiger partial charge < -0.3 is 10.1 Å². The monoisotopic (exact) mass is 375 g/mol. The van der Waals surface area contributed by atoms with Crippen molar-refractivity contribution in [2.75, 3.05) is 12.4 Å². The van der Waals surface area contributed by atoms with Crippen molar-refractivity contribution in [2.45, 2.75) is 6.92 Å². The van der Waals surface area contributed by atoms with Crippen LogP contribution in [0.15, 0.2) is 42.5 Å². The number of hydrogen-bond donors (Lipinski definition) is 2. The van der Waals surface area contributed by atoms with Crippen LogP contribution in [0, 0.1) is 6.92 Å². The Labute approximate surface area is 154 Å². The standard InChI is InChI=1S/C18H15Cl2N3O2/c1-10-3-6-17(25-2)15(7-10)21-18(24)16-9-14(22-23-16)12-5-4-11(19)8-13(12)20/h3-9H,1-2H3,(H,21,24)(H,22,23). The van der Waals surface area contributed by atoms with E-state index in [1.54, 1.807) is 37.4 Å². The van der Waals surface area contributed by atoms with Crippen LogP contribution in [0.3, 0.4) is 0 Å². The normalized spacial score (nSPS) is 10.6. The van der Waals surface area contributed by atoms with Crippen molar-refractivity contribution < 1.29 is 9.53 Å². The molecule has 0 saturated heterocycles. The summed E-state index contributed by atoms with van der Waals surface area (Å²) in [5, 5.41) is 10.7. The predicted octanol–water partition coefficient (Wildman–Crippen LogP) is 4.95. The Morgan fingerprint density at radius 2 is 1.96 bits per heavy atom. The molecule has 0 radical (unpaired) electrons. The molecule has 0 aliphatic heterocycles. The number of H-pyrrole nitrogens is 1. The number of nitrogens with zero attached hydrogens (tertiary/aromatic N) is 1. The maximum absolute atomic E-state index is 12.5. The molecule has 0 spiro atoms. The van der Waals surface area contributed by atoms with E-state index in [0.29, 0.717) is 38.4 Å². The second-order valence-corrected chi connectivity index (χ2v) is 6.29. The lowest BCUT2D eigenvalue weighted by molar-refractivity contribution is 0.102. The van der Waals surface area contributed by atoms with Gasteiger partial charge in [-0.1, -0.05) is 29.3 Å². The van der Waals surface area contributed by atoms with Gasteiger partial charge in [-0.25, -0.2) is 0 Å². The van der Waals surface area contributed by atoms with Gasteiger partial charge in [0.05, 0.1) is 23.5 Å². The second-order valence-electron chi connectivity index (χ2n) is 5.45. The fourth-order valence-corrected chi connectivity index (χ4v) is 2.89. The molecule has 0 aliphatic rings. The zero-order valence-electron chi connectivity index (χ0n) is 13.6. The Morgan fingerprint density at radius 3 is 2.68 bits per heavy atom. The molecule has 1 amide bonds. The molecular formula is C18H15Cl2N3O2. The van der Waals surface area contributed by atoms with E-state index < -0.39 is 0 Å². The molecule has 0 aliphatic carbocycles. The summed E-state index contributed by atoms with van der Waals surface area (Å²) in [6.07, 6.45) is 0. The minimum atomic E-state index is -0.326. The number of halogens is 2. The van der Waals surface area contributed by atoms with Gasteiger partial charge in [0.2, 0.25) is 0 Å². The van der Waals surface area contributed by atoms with Crippen LogP contribution in [0.25, 0.3) is 11.3 Å². The maximum Gasteiger partial charge on any atom is 0.273 e. The Bertz CT molecular complexity index is 938. The van der Waals surface area contributed by atoms with E-state index in [1.165, 1.54) is 0 Å². The lowest BCUT2D eigenvalue weighted by Crippen LogP contribution is -2.13. The zero-order valence-corrected chi connectivity index (χ0v) is 15.1. The summed E-state index contributed by atoms with van der Waals surface area (Å²) in [5.74, 6) is 0.257. The second kappa shape index (κ2) is 7.17. The third kappa shape index (κ3) is 3.78. The molecule has 0 unspecified atom stereocenters. The number of benzene rings is 2. The molecule has 7 heteroatoms. The first-order valence-electron chi connectivity index (χ1n) is 7.45. The summed E-state index contributed by atoms with van der Waals surface area (Å²) >= 11 is 12.1. The maximum atomic E-state index is 12.5. The van der Waals surface area contributed by atoms with Gasteiger partial charge in [0.25, 0.3) is 5.91 Å². The minimum absolute atomic E-state index is 0.310. The Kier molecular flexibility index (Phi) is 4.97. The summed E-state index contributed by atoms with van der Waals surface area (Å²) < 4.78 is 5.27. The average molecular weight is 376 g/mol. The Balaban J connectivity index is 1.85. The van der Waals surface area contributed by atoms with Gasteiger partial charge in [-0.05, 0) is 48.9 Å². The van der Waals surface area contributed by atoms with Crippen molar-refractivity contribution in [3.05, 3.63) is 63.8 Å². The first-order valence-corrected chi connectivity index (χ1v) is 8.20. The van der Waals surface area contributed by atoms with Crippen LogP contribution in [0.4, 0.5) is 5.69 Å². The highest BCUT2D eigenvalue weighted by atomic mass is 35.5. The number of methoxy groups -OCH3 is 1. The van der Waals surface area contributed by atoms with Crippen LogP contribution in [0.5, 0.6) is 5.75 Å². The van der Waals surface area contributed by atoms with Gasteiger partial charge in [-0.2, -0.15) is 5.10 Å². The quantitative estimate of drug-likeness (QED) is 0.677. The van der Waals surface area contributed by atoms with Gasteiger partial charge in [-0.3, -0.25) is 9.89 Å². The molecule has 0 saturated carbocycles. The number of aryl methyl sites for hydroxylation is 1. The van der Waals surface area contributed by atoms with E-state index >= 15 is 0 Å². The van der Waals surface area contributed by atoms with Crippen molar-refractivity contribution >= 4 is 34.8 Å². The van der Waals surface area contributed by atoms with E-state index in [0.717, 1.165) is 5.56 Å². The molecule has 5 nitrogen and oxygen atoms in total. The fourth-order valence-electron chi connectivity index (χ4n) is 2.38. The first-order chi connectivity index (χ1) is 12.0. The Morgan fingerprint density at radius 1 is 1.16 bits per heavy atom. The number of aromatic nitrogens is 2. The molecular weight excluding hydrogens is 361 g/mol. The first kappa shape index (κ1) is 17.3. The molecule has 0 atom stereocenters. The number of carbonyl (C=O) groups excluding carboxylic acids is 1. The number of ether oxygens (including phenoxy) is 1. The van der Waals surface area contributed by atoms with Crippen LogP contribution in [-0.4, -0.2) is 23.2 Å². The molecule has 3 aromatic rings. The summed E-state index contributed by atoms with van der Waals surface area (Å²) in [7, 11) is 1.55. The summed E-state index contributed by atoms with van der Waals surface area (Å²) in [5.41, 5.74) is 3.16. The third-order valence-electron chi connectivity index (χ3n) is 3.63. The van der Waals surface area contributed by atoms with Gasteiger partial charge in [0, 0.05) is 10.6 Å². The van der Waals surface area contributed by atoms with Crippen LogP contribution < -0.4 is 10.1 Å². The molecule has 3 rings (SSSR count). The van der Waals surface area contributed by atoms with Gasteiger partial charge in [-0.15, -0.1) is 0 Å². The lowest BCUT2D eigenvalue weighted by Gasteiger charge is -2.10. The van der Waals surface area contributed by atoms with E-state index in [1.807, 2.05) is 19.1 Å². The summed E-state index contributed by atoms with van der Waals surface area (Å²) in [6, 6.07) is 12.3. The van der Waals surface area contributed by atoms with E-state index in [9.17, 15) is 4.79 Å². The molecule has 25 heavy (non-hydrogen) atoms. The van der Waals surface area contributed by atoms with Gasteiger partial charge in [0.1, 0.15) is 11.4 Å². The Hall–Kier alpha value is -2.50. The van der Waals surface area contributed by atoms with Crippen molar-refractivity contribution in [3.63, 3.8) is 0 Å². The van der Waals surface area contributed by atoms with Crippen LogP contribution >= 0.6 is 23.2 Å². The molecule has 1 aromatic heterocycles. The lowest BCUT2D eigenvalue weighted by atomic mass is 10.1. The average Bonchev–Trinajstić information content (AvgIpc) is 3.05. The van der Waals surface area contributed by atoms with Crippen LogP contribution in [0.2, 0.25) is 10.0 Å². The number of amides is 1. The molecule has 2 aromatic carbocycles. The highest BCUT2D eigenvalue weighted by Gasteiger charge is 2.15. The van der Waals surface area contributed by atoms with Crippen LogP contribution in [0.1, 0.15) is 16.1 Å². The molecule has 0 fully saturated rings. The van der Waals surface area contributed by atoms with E-state index in [2.05, 4.69) is 15.5 Å². The third-order valence-corrected chi connectivity index (χ3v) is 4.18. The number of hydrogen-bond acceptors (Lipinski definition) is 3. The molecule has 1 heterocycles. The number of carbonyl (C=O) groups is 1. The summed E-state index contributed by atoms with van der Waals surface area (Å²) in [4.78, 5) is 12.5. The topological polar surface area (TPSA) is 67.0 Å². The zero-order chi connectivity index (χ0) is 18.0. The number of aromatic amines is 1. The van der Waals surface area contributed by atoms with Gasteiger partial charge >= 0.3 is 0 Å². The van der Waals surface area contributed by atoms with Crippen LogP contribution in [-0.2, 0) is 0 Å². The van der Waals surface area contributed by atoms with E-state index in [4.69, 9.17) is 27.9 Å². The van der Waals surface area contributed by atoms with Crippen molar-refractivity contribution in [2.24, 2.45) is 0 Å². The number of nitrogens with one attached hydrogen (secondary N) is 2. The largest absolute Gasteiger partial charge is 0.495 e. The molecule has 2 N–H and O–H groups in total. The smallest absolute Gasteiger partial charge is 0.273 e. The number of rotatable bonds is 4. The molecule has 0 bridgehead atoms.